The van der Waals surface area contributed by atoms with Crippen molar-refractivity contribution in [2.45, 2.75) is 160 Å². The van der Waals surface area contributed by atoms with E-state index in [4.69, 9.17) is 27.0 Å². The van der Waals surface area contributed by atoms with Crippen LogP contribution in [0.15, 0.2) is 0 Å². The first-order chi connectivity index (χ1) is 27.9. The molecule has 0 bridgehead atoms. The highest BCUT2D eigenvalue weighted by atomic mass is 32.2. The van der Waals surface area contributed by atoms with Gasteiger partial charge in [0.1, 0.15) is 5.60 Å². The first kappa shape index (κ1) is 78.4. The summed E-state index contributed by atoms with van der Waals surface area (Å²) in [4.78, 5) is 23.3. The van der Waals surface area contributed by atoms with Gasteiger partial charge in [-0.2, -0.15) is 21.6 Å². The Labute approximate surface area is 399 Å². The van der Waals surface area contributed by atoms with Crippen LogP contribution < -0.4 is 0 Å². The zero-order valence-electron chi connectivity index (χ0n) is 44.1. The van der Waals surface area contributed by atoms with E-state index < -0.39 is 59.1 Å². The highest BCUT2D eigenvalue weighted by Gasteiger charge is 2.61. The second-order valence-electron chi connectivity index (χ2n) is 21.3. The Kier molecular flexibility index (Phi) is 37.9. The maximum Gasteiger partial charge on any atom is 0.420 e. The molecule has 0 aliphatic heterocycles. The maximum atomic E-state index is 12.7. The van der Waals surface area contributed by atoms with Crippen LogP contribution in [0.1, 0.15) is 142 Å². The van der Waals surface area contributed by atoms with E-state index in [0.717, 1.165) is 37.6 Å². The van der Waals surface area contributed by atoms with Gasteiger partial charge < -0.3 is 28.2 Å². The minimum Gasteiger partial charge on any atom is -0.748 e. The zero-order chi connectivity index (χ0) is 54.9. The summed E-state index contributed by atoms with van der Waals surface area (Å²) in [5.74, 6) is -1.25. The van der Waals surface area contributed by atoms with Gasteiger partial charge in [-0.3, -0.25) is 18.6 Å². The van der Waals surface area contributed by atoms with Crippen LogP contribution in [0.5, 0.6) is 0 Å². The number of halogens is 3. The molecule has 0 aromatic carbocycles. The number of carbonyl (C=O) groups is 2. The van der Waals surface area contributed by atoms with Crippen LogP contribution in [-0.4, -0.2) is 156 Å². The summed E-state index contributed by atoms with van der Waals surface area (Å²) >= 11 is 0. The molecule has 3 atom stereocenters. The lowest BCUT2D eigenvalue weighted by Crippen LogP contribution is -2.60. The van der Waals surface area contributed by atoms with E-state index in [9.17, 15) is 49.3 Å². The van der Waals surface area contributed by atoms with Crippen molar-refractivity contribution < 1.29 is 85.2 Å². The fraction of sp³-hybridized carbons (Fsp3) is 0.951. The molecule has 0 heterocycles. The molecule has 0 aromatic heterocycles. The number of carbonyl (C=O) groups excluding carboxylic acids is 2. The van der Waals surface area contributed by atoms with E-state index in [1.54, 1.807) is 20.8 Å². The number of aliphatic hydroxyl groups is 1. The Bertz CT molecular complexity index is 1600. The molecule has 0 fully saturated rings. The largest absolute Gasteiger partial charge is 0.748 e. The van der Waals surface area contributed by atoms with E-state index >= 15 is 0 Å². The molecule has 2 N–H and O–H groups in total. The maximum absolute atomic E-state index is 12.7. The van der Waals surface area contributed by atoms with Crippen molar-refractivity contribution in [3.05, 3.63) is 0 Å². The molecule has 0 saturated heterocycles. The number of esters is 2. The first-order valence-corrected chi connectivity index (χ1v) is 28.5. The number of hydrogen-bond acceptors (Lipinski definition) is 13. The van der Waals surface area contributed by atoms with Gasteiger partial charge in [0.05, 0.1) is 86.2 Å². The molecule has 3 unspecified atom stereocenters. The van der Waals surface area contributed by atoms with Crippen LogP contribution >= 0.6 is 17.9 Å². The molecule has 0 saturated carbocycles. The van der Waals surface area contributed by atoms with Crippen LogP contribution in [0.3, 0.4) is 0 Å². The van der Waals surface area contributed by atoms with Crippen molar-refractivity contribution >= 4 is 60.1 Å². The topological polar surface area (TPSA) is 242 Å². The summed E-state index contributed by atoms with van der Waals surface area (Å²) in [5, 5.41) is 9.56. The first-order valence-electron chi connectivity index (χ1n) is 20.8. The fourth-order valence-corrected chi connectivity index (χ4v) is 4.32. The lowest BCUT2D eigenvalue weighted by molar-refractivity contribution is -0.888. The molecule has 400 valence electrons. The van der Waals surface area contributed by atoms with Crippen molar-refractivity contribution in [2.24, 2.45) is 21.7 Å². The third-order valence-electron chi connectivity index (χ3n) is 9.51. The van der Waals surface area contributed by atoms with Crippen LogP contribution in [0.2, 0.25) is 0 Å². The normalized spacial score (nSPS) is 13.8. The highest BCUT2D eigenvalue weighted by molar-refractivity contribution is 7.92. The fourth-order valence-electron chi connectivity index (χ4n) is 2.71. The van der Waals surface area contributed by atoms with Crippen LogP contribution in [0.4, 0.5) is 13.2 Å². The predicted molar refractivity (Wildman–Crippen MR) is 261 cm³/mol. The van der Waals surface area contributed by atoms with E-state index in [0.29, 0.717) is 43.7 Å². The number of quaternary nitrogens is 2. The van der Waals surface area contributed by atoms with Gasteiger partial charge in [0, 0.05) is 12.0 Å². The van der Waals surface area contributed by atoms with E-state index in [1.165, 1.54) is 0 Å². The molecule has 65 heavy (non-hydrogen) atoms. The summed E-state index contributed by atoms with van der Waals surface area (Å²) in [6.45, 7) is 25.7. The smallest absolute Gasteiger partial charge is 0.420 e. The minimum atomic E-state index is -4.88. The SMILES string of the molecule is CCC(C)(C)C(=O)OC(C)(C)C(C)(O)C(F)(F)F.CCC(C)(C)C(=O)OC[N+](C)(C)C.CCC(C)(C)CCS(=O)(=O)O.CCC(C)(C)CCS(=O)(=O)[O-].CS(=O)(=O)[O-].C[N+](C)(C)C.PP. The van der Waals surface area contributed by atoms with E-state index in [1.807, 2.05) is 83.5 Å². The lowest BCUT2D eigenvalue weighted by atomic mass is 9.85. The average molecular weight is 1050 g/mol. The van der Waals surface area contributed by atoms with Gasteiger partial charge in [-0.05, 0) is 85.0 Å². The summed E-state index contributed by atoms with van der Waals surface area (Å²) in [5.41, 5.74) is -6.43. The van der Waals surface area contributed by atoms with Gasteiger partial charge in [0.15, 0.2) is 5.60 Å². The Hall–Kier alpha value is -0.800. The number of rotatable bonds is 16. The standard InChI is InChI=1S/C12H21F3O3.C10H22NO2.2C7H16O3S.C4H12N.CH4O3S.H4P2/c1-7-9(2,3)8(16)18-10(4,5)11(6,17)12(13,14)15;1-7-10(2,3)9(12)13-8-11(4,5)6;2*1-4-7(2,3)5-6-11(8,9)10;2*1-5(2,3)4;1-2/h17H,7H2,1-6H3;7-8H2,1-6H3;2*4-6H2,1-3H3,(H,8,9,10);1-4H3;1H3,(H,2,3,4);1-2H2/q;+1;;;+1;;/p-2. The van der Waals surface area contributed by atoms with Gasteiger partial charge in [-0.25, -0.2) is 16.8 Å². The van der Waals surface area contributed by atoms with Crippen LogP contribution in [0, 0.1) is 21.7 Å². The van der Waals surface area contributed by atoms with Crippen molar-refractivity contribution in [2.75, 3.05) is 73.8 Å². The molecular formula is C41H93F3N2O14P2S3. The Morgan fingerprint density at radius 2 is 0.892 bits per heavy atom. The van der Waals surface area contributed by atoms with Gasteiger partial charge in [-0.15, -0.1) is 17.9 Å². The summed E-state index contributed by atoms with van der Waals surface area (Å²) in [6, 6.07) is 0. The molecule has 0 rings (SSSR count). The zero-order valence-corrected chi connectivity index (χ0v) is 48.8. The predicted octanol–water partition coefficient (Wildman–Crippen LogP) is 7.88. The van der Waals surface area contributed by atoms with Crippen LogP contribution in [-0.2, 0) is 49.4 Å². The molecule has 0 amide bonds. The average Bonchev–Trinajstić information content (AvgIpc) is 3.07. The van der Waals surface area contributed by atoms with Gasteiger partial charge >= 0.3 is 18.1 Å². The quantitative estimate of drug-likeness (QED) is 0.0491. The number of nitrogens with zero attached hydrogens (tertiary/aromatic N) is 2. The number of ether oxygens (including phenoxy) is 2. The third kappa shape index (κ3) is 54.0. The number of hydrogen-bond donors (Lipinski definition) is 2. The van der Waals surface area contributed by atoms with Gasteiger partial charge in [0.25, 0.3) is 10.1 Å². The Morgan fingerprint density at radius 3 is 1.11 bits per heavy atom. The Balaban J connectivity index is -0.000000129. The molecule has 0 aromatic rings. The van der Waals surface area contributed by atoms with E-state index in [2.05, 4.69) is 46.0 Å². The molecule has 0 aliphatic rings. The number of alkyl halides is 3. The van der Waals surface area contributed by atoms with Crippen molar-refractivity contribution in [3.8, 4) is 0 Å². The van der Waals surface area contributed by atoms with E-state index in [-0.39, 0.29) is 33.7 Å². The van der Waals surface area contributed by atoms with Crippen LogP contribution in [0.25, 0.3) is 0 Å². The second kappa shape index (κ2) is 31.4. The minimum absolute atomic E-state index is 0.00972. The third-order valence-corrected chi connectivity index (χ3v) is 10.9. The van der Waals surface area contributed by atoms with Crippen molar-refractivity contribution in [1.29, 1.82) is 0 Å². The van der Waals surface area contributed by atoms with Crippen molar-refractivity contribution in [1.82, 2.24) is 0 Å². The summed E-state index contributed by atoms with van der Waals surface area (Å²) in [7, 11) is 7.44. The Morgan fingerprint density at radius 1 is 0.615 bits per heavy atom. The molecule has 16 nitrogen and oxygen atoms in total. The van der Waals surface area contributed by atoms with Gasteiger partial charge in [0.2, 0.25) is 6.73 Å². The molecule has 0 spiro atoms. The molecule has 0 aliphatic carbocycles. The molecular weight excluding hydrogens is 960 g/mol. The highest BCUT2D eigenvalue weighted by Crippen LogP contribution is 2.41. The van der Waals surface area contributed by atoms with Gasteiger partial charge in [-0.1, -0.05) is 68.2 Å². The molecule has 0 radical (unpaired) electrons. The summed E-state index contributed by atoms with van der Waals surface area (Å²) < 4.78 is 137. The molecule has 24 heteroatoms. The van der Waals surface area contributed by atoms with Crippen molar-refractivity contribution in [3.63, 3.8) is 0 Å². The second-order valence-corrected chi connectivity index (χ2v) is 25.8. The lowest BCUT2D eigenvalue weighted by Gasteiger charge is -2.41. The summed E-state index contributed by atoms with van der Waals surface area (Å²) in [6.07, 6.45) is -0.262. The monoisotopic (exact) mass is 1050 g/mol.